The lowest BCUT2D eigenvalue weighted by Crippen LogP contribution is -2.38. The maximum Gasteiger partial charge on any atom is 0.153 e. The number of nitrogens with zero attached hydrogens (tertiary/aromatic N) is 1. The molecule has 1 aromatic carbocycles. The van der Waals surface area contributed by atoms with Gasteiger partial charge >= 0.3 is 0 Å². The Labute approximate surface area is 103 Å². The van der Waals surface area contributed by atoms with E-state index in [1.165, 1.54) is 5.56 Å². The highest BCUT2D eigenvalue weighted by Crippen LogP contribution is 2.04. The second-order valence-corrected chi connectivity index (χ2v) is 9.54. The minimum Gasteiger partial charge on any atom is -0.432 e. The SMILES string of the molecule is C[Si](C)N(/C=C/Cc1ccccc1)[Si](C)C. The topological polar surface area (TPSA) is 3.24 Å². The lowest BCUT2D eigenvalue weighted by Gasteiger charge is -2.27. The number of hydrogen-bond donors (Lipinski definition) is 0. The van der Waals surface area contributed by atoms with Crippen LogP contribution in [0.1, 0.15) is 5.56 Å². The molecule has 0 aliphatic carbocycles. The minimum absolute atomic E-state index is 0.335. The summed E-state index contributed by atoms with van der Waals surface area (Å²) in [6.07, 6.45) is 5.65. The first-order chi connectivity index (χ1) is 7.61. The van der Waals surface area contributed by atoms with Gasteiger partial charge in [-0.25, -0.2) is 0 Å². The van der Waals surface area contributed by atoms with E-state index in [2.05, 4.69) is 73.0 Å². The van der Waals surface area contributed by atoms with Crippen LogP contribution in [-0.2, 0) is 6.42 Å². The van der Waals surface area contributed by atoms with Crippen LogP contribution in [0.25, 0.3) is 0 Å². The highest BCUT2D eigenvalue weighted by molar-refractivity contribution is 6.70. The summed E-state index contributed by atoms with van der Waals surface area (Å²) in [6.45, 7) is 9.43. The van der Waals surface area contributed by atoms with Gasteiger partial charge in [-0.15, -0.1) is 0 Å². The maximum atomic E-state index is 2.58. The first-order valence-electron chi connectivity index (χ1n) is 5.71. The predicted octanol–water partition coefficient (Wildman–Crippen LogP) is 3.55. The molecule has 0 bridgehead atoms. The van der Waals surface area contributed by atoms with E-state index < -0.39 is 0 Å². The van der Waals surface area contributed by atoms with Gasteiger partial charge in [-0.2, -0.15) is 0 Å². The van der Waals surface area contributed by atoms with Crippen LogP contribution in [-0.4, -0.2) is 22.1 Å². The van der Waals surface area contributed by atoms with Crippen LogP contribution in [0.4, 0.5) is 0 Å². The van der Waals surface area contributed by atoms with Gasteiger partial charge in [0.1, 0.15) is 0 Å². The molecule has 1 aromatic rings. The van der Waals surface area contributed by atoms with Crippen molar-refractivity contribution in [1.29, 1.82) is 0 Å². The van der Waals surface area contributed by atoms with E-state index in [9.17, 15) is 0 Å². The first kappa shape index (κ1) is 13.3. The third-order valence-electron chi connectivity index (χ3n) is 2.41. The van der Waals surface area contributed by atoms with Crippen molar-refractivity contribution in [2.75, 3.05) is 0 Å². The van der Waals surface area contributed by atoms with Crippen molar-refractivity contribution in [1.82, 2.24) is 4.23 Å². The Kier molecular flexibility index (Phi) is 5.56. The summed E-state index contributed by atoms with van der Waals surface area (Å²) >= 11 is 0. The summed E-state index contributed by atoms with van der Waals surface area (Å²) in [6, 6.07) is 10.6. The van der Waals surface area contributed by atoms with Crippen LogP contribution in [0, 0.1) is 0 Å². The molecule has 0 aliphatic heterocycles. The van der Waals surface area contributed by atoms with Crippen LogP contribution in [0.2, 0.25) is 26.2 Å². The second-order valence-electron chi connectivity index (χ2n) is 4.34. The second kappa shape index (κ2) is 6.71. The fraction of sp³-hybridized carbons (Fsp3) is 0.385. The van der Waals surface area contributed by atoms with Crippen molar-refractivity contribution in [2.45, 2.75) is 32.6 Å². The van der Waals surface area contributed by atoms with E-state index in [1.807, 2.05) is 0 Å². The van der Waals surface area contributed by atoms with Crippen molar-refractivity contribution >= 4 is 17.9 Å². The van der Waals surface area contributed by atoms with Crippen LogP contribution in [0.5, 0.6) is 0 Å². The highest BCUT2D eigenvalue weighted by Gasteiger charge is 2.11. The number of hydrogen-bond acceptors (Lipinski definition) is 1. The molecule has 0 unspecified atom stereocenters. The average molecular weight is 247 g/mol. The monoisotopic (exact) mass is 247 g/mol. The Morgan fingerprint density at radius 1 is 1.00 bits per heavy atom. The van der Waals surface area contributed by atoms with E-state index in [0.717, 1.165) is 6.42 Å². The third-order valence-corrected chi connectivity index (χ3v) is 7.32. The van der Waals surface area contributed by atoms with E-state index in [4.69, 9.17) is 0 Å². The summed E-state index contributed by atoms with van der Waals surface area (Å²) in [4.78, 5) is 0. The summed E-state index contributed by atoms with van der Waals surface area (Å²) in [5.41, 5.74) is 1.39. The Morgan fingerprint density at radius 3 is 2.06 bits per heavy atom. The van der Waals surface area contributed by atoms with E-state index in [0.29, 0.717) is 0 Å². The Morgan fingerprint density at radius 2 is 1.56 bits per heavy atom. The van der Waals surface area contributed by atoms with Crippen molar-refractivity contribution in [2.24, 2.45) is 0 Å². The molecule has 1 rings (SSSR count). The zero-order valence-corrected chi connectivity index (χ0v) is 12.7. The molecule has 0 spiro atoms. The lowest BCUT2D eigenvalue weighted by atomic mass is 10.1. The molecule has 0 saturated carbocycles. The normalized spacial score (nSPS) is 11.6. The van der Waals surface area contributed by atoms with Gasteiger partial charge in [0.15, 0.2) is 17.9 Å². The first-order valence-corrected chi connectivity index (χ1v) is 10.6. The van der Waals surface area contributed by atoms with E-state index in [-0.39, 0.29) is 17.9 Å². The minimum atomic E-state index is -0.335. The van der Waals surface area contributed by atoms with Gasteiger partial charge < -0.3 is 4.23 Å². The quantitative estimate of drug-likeness (QED) is 0.719. The van der Waals surface area contributed by atoms with E-state index in [1.54, 1.807) is 0 Å². The molecule has 0 N–H and O–H groups in total. The molecule has 0 saturated heterocycles. The Hall–Kier alpha value is -0.806. The predicted molar refractivity (Wildman–Crippen MR) is 76.1 cm³/mol. The Bertz CT molecular complexity index is 312. The summed E-state index contributed by atoms with van der Waals surface area (Å²) in [7, 11) is -0.669. The number of allylic oxidation sites excluding steroid dienone is 1. The van der Waals surface area contributed by atoms with E-state index >= 15 is 0 Å². The summed E-state index contributed by atoms with van der Waals surface area (Å²) in [5, 5.41) is 0. The third kappa shape index (κ3) is 4.37. The zero-order valence-electron chi connectivity index (χ0n) is 10.7. The van der Waals surface area contributed by atoms with Crippen molar-refractivity contribution in [3.8, 4) is 0 Å². The molecular formula is C13H21NSi2. The molecular weight excluding hydrogens is 226 g/mol. The van der Waals surface area contributed by atoms with Crippen LogP contribution in [0.15, 0.2) is 42.6 Å². The highest BCUT2D eigenvalue weighted by atomic mass is 28.3. The molecule has 16 heavy (non-hydrogen) atoms. The van der Waals surface area contributed by atoms with Gasteiger partial charge in [-0.05, 0) is 18.2 Å². The molecule has 0 aliphatic rings. The molecule has 3 heteroatoms. The van der Waals surface area contributed by atoms with Gasteiger partial charge in [-0.1, -0.05) is 62.6 Å². The number of rotatable bonds is 5. The van der Waals surface area contributed by atoms with Gasteiger partial charge in [0, 0.05) is 0 Å². The van der Waals surface area contributed by atoms with Gasteiger partial charge in [0.25, 0.3) is 0 Å². The van der Waals surface area contributed by atoms with Crippen molar-refractivity contribution < 1.29 is 0 Å². The largest absolute Gasteiger partial charge is 0.432 e. The summed E-state index contributed by atoms with van der Waals surface area (Å²) < 4.78 is 2.58. The molecule has 0 amide bonds. The molecule has 86 valence electrons. The molecule has 0 atom stereocenters. The molecule has 2 radical (unpaired) electrons. The molecule has 1 nitrogen and oxygen atoms in total. The van der Waals surface area contributed by atoms with Gasteiger partial charge in [-0.3, -0.25) is 0 Å². The van der Waals surface area contributed by atoms with Crippen LogP contribution >= 0.6 is 0 Å². The fourth-order valence-electron chi connectivity index (χ4n) is 1.65. The van der Waals surface area contributed by atoms with Gasteiger partial charge in [0.05, 0.1) is 0 Å². The molecule has 0 heterocycles. The number of benzene rings is 1. The zero-order chi connectivity index (χ0) is 12.0. The molecule has 0 aromatic heterocycles. The van der Waals surface area contributed by atoms with Crippen molar-refractivity contribution in [3.05, 3.63) is 48.2 Å². The smallest absolute Gasteiger partial charge is 0.153 e. The Balaban J connectivity index is 2.53. The fourth-order valence-corrected chi connectivity index (χ4v) is 6.04. The van der Waals surface area contributed by atoms with Crippen LogP contribution < -0.4 is 0 Å². The lowest BCUT2D eigenvalue weighted by molar-refractivity contribution is 0.882. The molecule has 0 fully saturated rings. The standard InChI is InChI=1S/C13H21NSi2/c1-15(2)14(16(3)4)12-8-11-13-9-6-5-7-10-13/h5-10,12H,11H2,1-4H3/b12-8+. The van der Waals surface area contributed by atoms with Crippen molar-refractivity contribution in [3.63, 3.8) is 0 Å². The summed E-state index contributed by atoms with van der Waals surface area (Å²) in [5.74, 6) is 0. The van der Waals surface area contributed by atoms with Gasteiger partial charge in [0.2, 0.25) is 0 Å². The maximum absolute atomic E-state index is 2.58. The average Bonchev–Trinajstić information content (AvgIpc) is 2.24. The van der Waals surface area contributed by atoms with Crippen LogP contribution in [0.3, 0.4) is 0 Å².